The fraction of sp³-hybridized carbons (Fsp3) is 0.308. The zero-order valence-electron chi connectivity index (χ0n) is 10.0. The van der Waals surface area contributed by atoms with Crippen LogP contribution in [0.4, 0.5) is 4.39 Å². The summed E-state index contributed by atoms with van der Waals surface area (Å²) < 4.78 is 20.0. The minimum Gasteiger partial charge on any atom is -0.439 e. The maximum Gasteiger partial charge on any atom is 0.208 e. The average molecular weight is 313 g/mol. The summed E-state index contributed by atoms with van der Waals surface area (Å²) >= 11 is 3.31. The van der Waals surface area contributed by atoms with Gasteiger partial charge in [0.2, 0.25) is 5.89 Å². The Morgan fingerprint density at radius 2 is 2.28 bits per heavy atom. The zero-order chi connectivity index (χ0) is 13.0. The second kappa shape index (κ2) is 6.11. The third kappa shape index (κ3) is 3.17. The van der Waals surface area contributed by atoms with Gasteiger partial charge in [-0.05, 0) is 31.2 Å². The Bertz CT molecular complexity index is 527. The van der Waals surface area contributed by atoms with E-state index in [0.717, 1.165) is 17.4 Å². The molecule has 0 amide bonds. The molecule has 1 aromatic carbocycles. The standard InChI is InChI=1S/C13H14BrFN2O/c1-2-5-16-8-13-17-7-12(18-13)10-6-9(14)3-4-11(10)15/h3-4,6-7,16H,2,5,8H2,1H3. The molecule has 0 atom stereocenters. The Hall–Kier alpha value is -1.20. The molecule has 1 N–H and O–H groups in total. The third-order valence-electron chi connectivity index (χ3n) is 2.45. The Balaban J connectivity index is 2.16. The first-order valence-corrected chi connectivity index (χ1v) is 6.61. The summed E-state index contributed by atoms with van der Waals surface area (Å²) in [5, 5.41) is 3.18. The van der Waals surface area contributed by atoms with Gasteiger partial charge in [0, 0.05) is 4.47 Å². The molecule has 3 nitrogen and oxygen atoms in total. The Labute approximate surface area is 114 Å². The highest BCUT2D eigenvalue weighted by Gasteiger charge is 2.11. The zero-order valence-corrected chi connectivity index (χ0v) is 11.6. The van der Waals surface area contributed by atoms with Crippen LogP contribution in [0, 0.1) is 5.82 Å². The van der Waals surface area contributed by atoms with Crippen molar-refractivity contribution in [3.63, 3.8) is 0 Å². The number of benzene rings is 1. The lowest BCUT2D eigenvalue weighted by Gasteiger charge is -2.00. The van der Waals surface area contributed by atoms with Gasteiger partial charge in [0.05, 0.1) is 18.3 Å². The van der Waals surface area contributed by atoms with Gasteiger partial charge in [-0.15, -0.1) is 0 Å². The normalized spacial score (nSPS) is 10.8. The second-order valence-corrected chi connectivity index (χ2v) is 4.83. The predicted molar refractivity (Wildman–Crippen MR) is 71.6 cm³/mol. The quantitative estimate of drug-likeness (QED) is 0.855. The van der Waals surface area contributed by atoms with Crippen molar-refractivity contribution in [1.82, 2.24) is 10.3 Å². The molecule has 0 saturated carbocycles. The SMILES string of the molecule is CCCNCc1ncc(-c2cc(Br)ccc2F)o1. The molecule has 18 heavy (non-hydrogen) atoms. The molecule has 1 heterocycles. The summed E-state index contributed by atoms with van der Waals surface area (Å²) in [7, 11) is 0. The molecule has 2 aromatic rings. The van der Waals surface area contributed by atoms with E-state index in [1.165, 1.54) is 6.07 Å². The lowest BCUT2D eigenvalue weighted by atomic mass is 10.2. The first-order valence-electron chi connectivity index (χ1n) is 5.81. The Kier molecular flexibility index (Phi) is 4.49. The molecule has 0 saturated heterocycles. The van der Waals surface area contributed by atoms with Crippen LogP contribution in [0.5, 0.6) is 0 Å². The molecular weight excluding hydrogens is 299 g/mol. The van der Waals surface area contributed by atoms with Gasteiger partial charge in [0.1, 0.15) is 5.82 Å². The maximum atomic E-state index is 13.6. The fourth-order valence-electron chi connectivity index (χ4n) is 1.57. The Morgan fingerprint density at radius 1 is 1.44 bits per heavy atom. The van der Waals surface area contributed by atoms with Crippen LogP contribution in [-0.4, -0.2) is 11.5 Å². The Morgan fingerprint density at radius 3 is 3.06 bits per heavy atom. The number of rotatable bonds is 5. The number of hydrogen-bond acceptors (Lipinski definition) is 3. The molecule has 1 aromatic heterocycles. The summed E-state index contributed by atoms with van der Waals surface area (Å²) in [5.41, 5.74) is 0.415. The maximum absolute atomic E-state index is 13.6. The molecule has 96 valence electrons. The van der Waals surface area contributed by atoms with E-state index < -0.39 is 0 Å². The van der Waals surface area contributed by atoms with E-state index in [4.69, 9.17) is 4.42 Å². The lowest BCUT2D eigenvalue weighted by Crippen LogP contribution is -2.13. The van der Waals surface area contributed by atoms with Crippen molar-refractivity contribution in [2.45, 2.75) is 19.9 Å². The van der Waals surface area contributed by atoms with Gasteiger partial charge in [-0.2, -0.15) is 0 Å². The molecule has 0 aliphatic rings. The van der Waals surface area contributed by atoms with Gasteiger partial charge < -0.3 is 9.73 Å². The van der Waals surface area contributed by atoms with Gasteiger partial charge in [0.25, 0.3) is 0 Å². The highest BCUT2D eigenvalue weighted by atomic mass is 79.9. The predicted octanol–water partition coefficient (Wildman–Crippen LogP) is 3.74. The van der Waals surface area contributed by atoms with Crippen molar-refractivity contribution in [1.29, 1.82) is 0 Å². The molecule has 0 aliphatic carbocycles. The number of nitrogens with zero attached hydrogens (tertiary/aromatic N) is 1. The number of oxazole rings is 1. The minimum absolute atomic E-state index is 0.317. The first kappa shape index (κ1) is 13.2. The van der Waals surface area contributed by atoms with Gasteiger partial charge in [0.15, 0.2) is 5.76 Å². The van der Waals surface area contributed by atoms with E-state index in [1.54, 1.807) is 18.3 Å². The number of halogens is 2. The summed E-state index contributed by atoms with van der Waals surface area (Å²) in [6.07, 6.45) is 2.60. The van der Waals surface area contributed by atoms with Crippen LogP contribution >= 0.6 is 15.9 Å². The fourth-order valence-corrected chi connectivity index (χ4v) is 1.94. The summed E-state index contributed by atoms with van der Waals surface area (Å²) in [6.45, 7) is 3.55. The van der Waals surface area contributed by atoms with Crippen molar-refractivity contribution in [2.24, 2.45) is 0 Å². The van der Waals surface area contributed by atoms with E-state index in [-0.39, 0.29) is 5.82 Å². The molecule has 0 spiro atoms. The van der Waals surface area contributed by atoms with Crippen molar-refractivity contribution in [2.75, 3.05) is 6.54 Å². The van der Waals surface area contributed by atoms with Crippen LogP contribution < -0.4 is 5.32 Å². The molecule has 2 rings (SSSR count). The minimum atomic E-state index is -0.317. The van der Waals surface area contributed by atoms with Crippen LogP contribution in [0.15, 0.2) is 33.3 Å². The lowest BCUT2D eigenvalue weighted by molar-refractivity contribution is 0.475. The molecular formula is C13H14BrFN2O. The van der Waals surface area contributed by atoms with E-state index in [1.807, 2.05) is 0 Å². The van der Waals surface area contributed by atoms with Crippen LogP contribution in [0.2, 0.25) is 0 Å². The molecule has 0 fully saturated rings. The summed E-state index contributed by atoms with van der Waals surface area (Å²) in [4.78, 5) is 4.12. The highest BCUT2D eigenvalue weighted by molar-refractivity contribution is 9.10. The molecule has 0 unspecified atom stereocenters. The van der Waals surface area contributed by atoms with E-state index in [9.17, 15) is 4.39 Å². The van der Waals surface area contributed by atoms with E-state index in [0.29, 0.717) is 23.8 Å². The average Bonchev–Trinajstić information content (AvgIpc) is 2.81. The van der Waals surface area contributed by atoms with Crippen molar-refractivity contribution >= 4 is 15.9 Å². The first-order chi connectivity index (χ1) is 8.70. The van der Waals surface area contributed by atoms with Crippen LogP contribution in [0.1, 0.15) is 19.2 Å². The van der Waals surface area contributed by atoms with Gasteiger partial charge in [-0.1, -0.05) is 22.9 Å². The van der Waals surface area contributed by atoms with Crippen molar-refractivity contribution in [3.8, 4) is 11.3 Å². The van der Waals surface area contributed by atoms with E-state index in [2.05, 4.69) is 33.2 Å². The van der Waals surface area contributed by atoms with E-state index >= 15 is 0 Å². The molecule has 0 bridgehead atoms. The van der Waals surface area contributed by atoms with Gasteiger partial charge >= 0.3 is 0 Å². The topological polar surface area (TPSA) is 38.1 Å². The smallest absolute Gasteiger partial charge is 0.208 e. The number of nitrogens with one attached hydrogen (secondary N) is 1. The number of aromatic nitrogens is 1. The van der Waals surface area contributed by atoms with Crippen molar-refractivity contribution < 1.29 is 8.81 Å². The number of hydrogen-bond donors (Lipinski definition) is 1. The van der Waals surface area contributed by atoms with Crippen LogP contribution in [-0.2, 0) is 6.54 Å². The third-order valence-corrected chi connectivity index (χ3v) is 2.94. The molecule has 5 heteroatoms. The second-order valence-electron chi connectivity index (χ2n) is 3.92. The van der Waals surface area contributed by atoms with Gasteiger partial charge in [-0.25, -0.2) is 9.37 Å². The molecule has 0 radical (unpaired) electrons. The molecule has 0 aliphatic heterocycles. The van der Waals surface area contributed by atoms with Gasteiger partial charge in [-0.3, -0.25) is 0 Å². The summed E-state index contributed by atoms with van der Waals surface area (Å²) in [5.74, 6) is 0.697. The highest BCUT2D eigenvalue weighted by Crippen LogP contribution is 2.26. The summed E-state index contributed by atoms with van der Waals surface area (Å²) in [6, 6.07) is 4.73. The monoisotopic (exact) mass is 312 g/mol. The van der Waals surface area contributed by atoms with Crippen LogP contribution in [0.3, 0.4) is 0 Å². The van der Waals surface area contributed by atoms with Crippen LogP contribution in [0.25, 0.3) is 11.3 Å². The largest absolute Gasteiger partial charge is 0.439 e. The van der Waals surface area contributed by atoms with Crippen molar-refractivity contribution in [3.05, 3.63) is 40.6 Å².